The van der Waals surface area contributed by atoms with Gasteiger partial charge in [0.25, 0.3) is 5.56 Å². The van der Waals surface area contributed by atoms with Crippen molar-refractivity contribution in [1.82, 2.24) is 9.55 Å². The maximum absolute atomic E-state index is 11.4. The van der Waals surface area contributed by atoms with Crippen molar-refractivity contribution in [1.29, 1.82) is 0 Å². The molecule has 1 heterocycles. The van der Waals surface area contributed by atoms with Crippen molar-refractivity contribution in [3.63, 3.8) is 0 Å². The average Bonchev–Trinajstić information content (AvgIpc) is 2.11. The summed E-state index contributed by atoms with van der Waals surface area (Å²) in [5, 5.41) is 0. The zero-order chi connectivity index (χ0) is 10.7. The fraction of sp³-hybridized carbons (Fsp3) is 0.556. The molecular formula is C9H13ClN2O2. The summed E-state index contributed by atoms with van der Waals surface area (Å²) < 4.78 is 1.50. The van der Waals surface area contributed by atoms with Gasteiger partial charge in [0.2, 0.25) is 0 Å². The van der Waals surface area contributed by atoms with E-state index >= 15 is 0 Å². The summed E-state index contributed by atoms with van der Waals surface area (Å²) >= 11 is 5.58. The summed E-state index contributed by atoms with van der Waals surface area (Å²) in [6.07, 6.45) is 2.27. The van der Waals surface area contributed by atoms with Gasteiger partial charge in [0.1, 0.15) is 0 Å². The van der Waals surface area contributed by atoms with Gasteiger partial charge >= 0.3 is 5.69 Å². The molecule has 78 valence electrons. The third-order valence-corrected chi connectivity index (χ3v) is 2.37. The molecule has 0 radical (unpaired) electrons. The molecule has 1 aromatic heterocycles. The Bertz CT molecular complexity index is 422. The van der Waals surface area contributed by atoms with Gasteiger partial charge in [-0.25, -0.2) is 4.79 Å². The minimum atomic E-state index is -0.377. The Morgan fingerprint density at radius 3 is 2.79 bits per heavy atom. The summed E-state index contributed by atoms with van der Waals surface area (Å²) in [5.41, 5.74) is -0.173. The Balaban J connectivity index is 3.16. The van der Waals surface area contributed by atoms with E-state index in [4.69, 9.17) is 11.6 Å². The number of halogens is 1. The van der Waals surface area contributed by atoms with Crippen molar-refractivity contribution < 1.29 is 0 Å². The third kappa shape index (κ3) is 2.26. The summed E-state index contributed by atoms with van der Waals surface area (Å²) in [5.74, 6) is 0.492. The predicted octanol–water partition coefficient (Wildman–Crippen LogP) is 1.03. The van der Waals surface area contributed by atoms with Gasteiger partial charge in [-0.2, -0.15) is 0 Å². The Morgan fingerprint density at radius 1 is 1.57 bits per heavy atom. The first kappa shape index (κ1) is 11.0. The van der Waals surface area contributed by atoms with Crippen LogP contribution < -0.4 is 11.2 Å². The highest BCUT2D eigenvalue weighted by Crippen LogP contribution is 2.07. The maximum Gasteiger partial charge on any atom is 0.328 e. The highest BCUT2D eigenvalue weighted by atomic mass is 35.5. The molecule has 4 nitrogen and oxygen atoms in total. The van der Waals surface area contributed by atoms with Crippen molar-refractivity contribution in [2.24, 2.45) is 0 Å². The SMILES string of the molecule is Cc1cn(C(C)CCCl)c(=O)[nH]c1=O. The third-order valence-electron chi connectivity index (χ3n) is 2.15. The van der Waals surface area contributed by atoms with E-state index in [2.05, 4.69) is 4.98 Å². The molecule has 0 aliphatic rings. The largest absolute Gasteiger partial charge is 0.328 e. The molecule has 5 heteroatoms. The van der Waals surface area contributed by atoms with Crippen LogP contribution in [0.3, 0.4) is 0 Å². The second kappa shape index (κ2) is 4.46. The van der Waals surface area contributed by atoms with E-state index in [1.165, 1.54) is 4.57 Å². The highest BCUT2D eigenvalue weighted by Gasteiger charge is 2.07. The van der Waals surface area contributed by atoms with E-state index in [9.17, 15) is 9.59 Å². The van der Waals surface area contributed by atoms with Gasteiger partial charge in [-0.15, -0.1) is 11.6 Å². The maximum atomic E-state index is 11.4. The van der Waals surface area contributed by atoms with Crippen LogP contribution in [0.2, 0.25) is 0 Å². The molecule has 1 atom stereocenters. The van der Waals surface area contributed by atoms with Gasteiger partial charge < -0.3 is 0 Å². The summed E-state index contributed by atoms with van der Waals surface area (Å²) in [7, 11) is 0. The molecule has 0 saturated heterocycles. The molecule has 0 aliphatic carbocycles. The van der Waals surface area contributed by atoms with Gasteiger partial charge in [-0.3, -0.25) is 14.3 Å². The van der Waals surface area contributed by atoms with Crippen LogP contribution in [0.25, 0.3) is 0 Å². The molecule has 1 unspecified atom stereocenters. The quantitative estimate of drug-likeness (QED) is 0.768. The smallest absolute Gasteiger partial charge is 0.298 e. The first-order chi connectivity index (χ1) is 6.56. The van der Waals surface area contributed by atoms with Crippen LogP contribution in [0.1, 0.15) is 24.9 Å². The molecule has 1 N–H and O–H groups in total. The number of nitrogens with one attached hydrogen (secondary N) is 1. The average molecular weight is 217 g/mol. The number of hydrogen-bond acceptors (Lipinski definition) is 2. The summed E-state index contributed by atoms with van der Waals surface area (Å²) in [6.45, 7) is 3.56. The minimum Gasteiger partial charge on any atom is -0.298 e. The Kier molecular flexibility index (Phi) is 3.52. The number of nitrogens with zero attached hydrogens (tertiary/aromatic N) is 1. The number of aromatic nitrogens is 2. The van der Waals surface area contributed by atoms with Gasteiger partial charge in [-0.05, 0) is 20.3 Å². The van der Waals surface area contributed by atoms with E-state index in [1.807, 2.05) is 6.92 Å². The summed E-state index contributed by atoms with van der Waals surface area (Å²) in [4.78, 5) is 24.7. The second-order valence-corrected chi connectivity index (χ2v) is 3.68. The molecular weight excluding hydrogens is 204 g/mol. The van der Waals surface area contributed by atoms with Crippen molar-refractivity contribution in [2.75, 3.05) is 5.88 Å². The lowest BCUT2D eigenvalue weighted by molar-refractivity contribution is 0.502. The van der Waals surface area contributed by atoms with Crippen LogP contribution in [0, 0.1) is 6.92 Å². The van der Waals surface area contributed by atoms with Gasteiger partial charge in [0.05, 0.1) is 0 Å². The van der Waals surface area contributed by atoms with Crippen LogP contribution in [-0.4, -0.2) is 15.4 Å². The Labute approximate surface area is 86.5 Å². The van der Waals surface area contributed by atoms with Gasteiger partial charge in [0.15, 0.2) is 0 Å². The second-order valence-electron chi connectivity index (χ2n) is 3.31. The number of hydrogen-bond donors (Lipinski definition) is 1. The lowest BCUT2D eigenvalue weighted by Crippen LogP contribution is -2.32. The lowest BCUT2D eigenvalue weighted by Gasteiger charge is -2.13. The molecule has 0 saturated carbocycles. The van der Waals surface area contributed by atoms with Gasteiger partial charge in [-0.1, -0.05) is 0 Å². The molecule has 0 amide bonds. The monoisotopic (exact) mass is 216 g/mol. The molecule has 0 fully saturated rings. The zero-order valence-electron chi connectivity index (χ0n) is 8.21. The lowest BCUT2D eigenvalue weighted by atomic mass is 10.2. The minimum absolute atomic E-state index is 0.00977. The van der Waals surface area contributed by atoms with E-state index in [0.717, 1.165) is 0 Å². The Morgan fingerprint density at radius 2 is 2.21 bits per heavy atom. The van der Waals surface area contributed by atoms with E-state index < -0.39 is 0 Å². The molecule has 0 aromatic carbocycles. The first-order valence-electron chi connectivity index (χ1n) is 4.44. The zero-order valence-corrected chi connectivity index (χ0v) is 8.97. The van der Waals surface area contributed by atoms with Crippen molar-refractivity contribution in [3.8, 4) is 0 Å². The molecule has 14 heavy (non-hydrogen) atoms. The van der Waals surface area contributed by atoms with Crippen molar-refractivity contribution in [3.05, 3.63) is 32.6 Å². The molecule has 0 spiro atoms. The first-order valence-corrected chi connectivity index (χ1v) is 4.97. The van der Waals surface area contributed by atoms with Crippen LogP contribution in [0.4, 0.5) is 0 Å². The Hall–Kier alpha value is -1.03. The predicted molar refractivity (Wildman–Crippen MR) is 56.1 cm³/mol. The molecule has 0 aliphatic heterocycles. The standard InChI is InChI=1S/C9H13ClN2O2/c1-6-5-12(7(2)3-4-10)9(14)11-8(6)13/h5,7H,3-4H2,1-2H3,(H,11,13,14). The van der Waals surface area contributed by atoms with Crippen LogP contribution >= 0.6 is 11.6 Å². The van der Waals surface area contributed by atoms with Crippen LogP contribution in [-0.2, 0) is 0 Å². The molecule has 0 bridgehead atoms. The van der Waals surface area contributed by atoms with Crippen LogP contribution in [0.5, 0.6) is 0 Å². The van der Waals surface area contributed by atoms with E-state index in [-0.39, 0.29) is 17.3 Å². The molecule has 1 rings (SSSR count). The van der Waals surface area contributed by atoms with Crippen molar-refractivity contribution >= 4 is 11.6 Å². The fourth-order valence-corrected chi connectivity index (χ4v) is 1.53. The molecule has 1 aromatic rings. The number of aromatic amines is 1. The van der Waals surface area contributed by atoms with Crippen molar-refractivity contribution in [2.45, 2.75) is 26.3 Å². The number of alkyl halides is 1. The number of rotatable bonds is 3. The normalized spacial score (nSPS) is 12.8. The fourth-order valence-electron chi connectivity index (χ4n) is 1.21. The highest BCUT2D eigenvalue weighted by molar-refractivity contribution is 6.17. The van der Waals surface area contributed by atoms with E-state index in [0.29, 0.717) is 17.9 Å². The summed E-state index contributed by atoms with van der Waals surface area (Å²) in [6, 6.07) is 0.00977. The number of aryl methyl sites for hydroxylation is 1. The van der Waals surface area contributed by atoms with E-state index in [1.54, 1.807) is 13.1 Å². The van der Waals surface area contributed by atoms with Gasteiger partial charge in [0, 0.05) is 23.7 Å². The van der Waals surface area contributed by atoms with Crippen LogP contribution in [0.15, 0.2) is 15.8 Å². The topological polar surface area (TPSA) is 54.9 Å². The number of H-pyrrole nitrogens is 1.